The summed E-state index contributed by atoms with van der Waals surface area (Å²) in [7, 11) is -8.11. The summed E-state index contributed by atoms with van der Waals surface area (Å²) in [6, 6.07) is 32.3. The lowest BCUT2D eigenvalue weighted by Crippen LogP contribution is -2.38. The molecule has 46 heavy (non-hydrogen) atoms. The molecule has 0 spiro atoms. The number of aryl methyl sites for hydroxylation is 1. The van der Waals surface area contributed by atoms with Gasteiger partial charge in [0, 0.05) is 10.7 Å². The van der Waals surface area contributed by atoms with Gasteiger partial charge in [-0.1, -0.05) is 53.6 Å². The SMILES string of the molecule is Cc1ccc(S(=O)(=O)N(CC(=O)Nc2ccc(S(=O)(=O)Nc3cccc(Cl)c3C)cc2)c2ccc(Oc3ccccc3)cc2)cc1. The molecule has 9 nitrogen and oxygen atoms in total. The number of amides is 1. The van der Waals surface area contributed by atoms with Crippen molar-refractivity contribution in [2.24, 2.45) is 0 Å². The van der Waals surface area contributed by atoms with Crippen LogP contribution in [-0.2, 0) is 24.8 Å². The van der Waals surface area contributed by atoms with Crippen LogP contribution in [-0.4, -0.2) is 29.3 Å². The second kappa shape index (κ2) is 13.7. The lowest BCUT2D eigenvalue weighted by molar-refractivity contribution is -0.114. The van der Waals surface area contributed by atoms with Gasteiger partial charge in [0.15, 0.2) is 0 Å². The van der Waals surface area contributed by atoms with Gasteiger partial charge < -0.3 is 10.1 Å². The van der Waals surface area contributed by atoms with Crippen LogP contribution in [0.4, 0.5) is 17.1 Å². The van der Waals surface area contributed by atoms with Crippen molar-refractivity contribution in [3.05, 3.63) is 137 Å². The molecule has 2 N–H and O–H groups in total. The van der Waals surface area contributed by atoms with E-state index in [0.717, 1.165) is 9.87 Å². The largest absolute Gasteiger partial charge is 0.457 e. The molecule has 236 valence electrons. The second-order valence-electron chi connectivity index (χ2n) is 10.3. The van der Waals surface area contributed by atoms with Crippen LogP contribution in [0.1, 0.15) is 11.1 Å². The van der Waals surface area contributed by atoms with Crippen molar-refractivity contribution in [3.8, 4) is 11.5 Å². The van der Waals surface area contributed by atoms with E-state index in [1.165, 1.54) is 36.4 Å². The zero-order valence-electron chi connectivity index (χ0n) is 24.8. The smallest absolute Gasteiger partial charge is 0.264 e. The molecule has 12 heteroatoms. The maximum Gasteiger partial charge on any atom is 0.264 e. The molecule has 5 aromatic rings. The number of nitrogens with zero attached hydrogens (tertiary/aromatic N) is 1. The van der Waals surface area contributed by atoms with Crippen molar-refractivity contribution >= 4 is 54.6 Å². The van der Waals surface area contributed by atoms with Crippen molar-refractivity contribution in [1.82, 2.24) is 0 Å². The summed E-state index contributed by atoms with van der Waals surface area (Å²) in [5, 5.41) is 3.09. The van der Waals surface area contributed by atoms with Crippen LogP contribution < -0.4 is 19.1 Å². The third-order valence-electron chi connectivity index (χ3n) is 6.96. The van der Waals surface area contributed by atoms with E-state index in [1.807, 2.05) is 25.1 Å². The first kappa shape index (κ1) is 32.6. The minimum Gasteiger partial charge on any atom is -0.457 e. The van der Waals surface area contributed by atoms with Gasteiger partial charge in [0.25, 0.3) is 20.0 Å². The highest BCUT2D eigenvalue weighted by Gasteiger charge is 2.27. The second-order valence-corrected chi connectivity index (χ2v) is 14.3. The van der Waals surface area contributed by atoms with Gasteiger partial charge in [-0.05, 0) is 104 Å². The first-order valence-corrected chi connectivity index (χ1v) is 17.3. The van der Waals surface area contributed by atoms with Crippen LogP contribution in [0.2, 0.25) is 5.02 Å². The Morgan fingerprint density at radius 2 is 1.33 bits per heavy atom. The molecule has 0 bridgehead atoms. The van der Waals surface area contributed by atoms with Crippen LogP contribution >= 0.6 is 11.6 Å². The van der Waals surface area contributed by atoms with Crippen molar-refractivity contribution in [2.45, 2.75) is 23.6 Å². The van der Waals surface area contributed by atoms with Gasteiger partial charge in [-0.25, -0.2) is 16.8 Å². The van der Waals surface area contributed by atoms with Crippen LogP contribution in [0, 0.1) is 13.8 Å². The Hall–Kier alpha value is -4.84. The number of carbonyl (C=O) groups is 1. The van der Waals surface area contributed by atoms with Crippen LogP contribution in [0.3, 0.4) is 0 Å². The number of para-hydroxylation sites is 1. The molecule has 0 saturated heterocycles. The molecule has 0 unspecified atom stereocenters. The standard InChI is InChI=1S/C34H30ClN3O6S2/c1-24-11-19-31(20-12-24)46(42,43)38(27-15-17-29(18-16-27)44-28-7-4-3-5-8-28)23-34(39)36-26-13-21-30(22-14-26)45(40,41)37-33-10-6-9-32(35)25(33)2/h3-22,37H,23H2,1-2H3,(H,36,39). The number of sulfonamides is 2. The van der Waals surface area contributed by atoms with E-state index in [0.29, 0.717) is 27.8 Å². The molecule has 0 radical (unpaired) electrons. The Bertz CT molecular complexity index is 2060. The first-order chi connectivity index (χ1) is 21.9. The molecule has 0 aliphatic carbocycles. The minimum absolute atomic E-state index is 0.0208. The Kier molecular flexibility index (Phi) is 9.66. The molecular weight excluding hydrogens is 646 g/mol. The molecule has 0 aliphatic heterocycles. The summed E-state index contributed by atoms with van der Waals surface area (Å²) in [6.45, 7) is 3.00. The number of benzene rings is 5. The molecule has 0 fully saturated rings. The Balaban J connectivity index is 1.35. The maximum absolute atomic E-state index is 13.8. The van der Waals surface area contributed by atoms with Crippen LogP contribution in [0.5, 0.6) is 11.5 Å². The fourth-order valence-electron chi connectivity index (χ4n) is 4.43. The first-order valence-electron chi connectivity index (χ1n) is 14.0. The van der Waals surface area contributed by atoms with Crippen molar-refractivity contribution in [1.29, 1.82) is 0 Å². The number of rotatable bonds is 11. The van der Waals surface area contributed by atoms with E-state index < -0.39 is 32.5 Å². The zero-order chi connectivity index (χ0) is 32.9. The highest BCUT2D eigenvalue weighted by molar-refractivity contribution is 7.93. The fraction of sp³-hybridized carbons (Fsp3) is 0.0882. The summed E-state index contributed by atoms with van der Waals surface area (Å²) in [4.78, 5) is 13.2. The van der Waals surface area contributed by atoms with Crippen molar-refractivity contribution in [3.63, 3.8) is 0 Å². The van der Waals surface area contributed by atoms with E-state index in [-0.39, 0.29) is 21.2 Å². The maximum atomic E-state index is 13.8. The number of carbonyl (C=O) groups excluding carboxylic acids is 1. The van der Waals surface area contributed by atoms with Crippen LogP contribution in [0.25, 0.3) is 0 Å². The lowest BCUT2D eigenvalue weighted by Gasteiger charge is -2.24. The van der Waals surface area contributed by atoms with Gasteiger partial charge in [0.1, 0.15) is 18.0 Å². The molecule has 1 amide bonds. The fourth-order valence-corrected chi connectivity index (χ4v) is 7.15. The van der Waals surface area contributed by atoms with Gasteiger partial charge in [0.05, 0.1) is 21.2 Å². The number of anilines is 3. The number of halogens is 1. The van der Waals surface area contributed by atoms with Gasteiger partial charge in [0.2, 0.25) is 5.91 Å². The average molecular weight is 676 g/mol. The van der Waals surface area contributed by atoms with Gasteiger partial charge in [-0.2, -0.15) is 0 Å². The Morgan fingerprint density at radius 3 is 1.98 bits per heavy atom. The van der Waals surface area contributed by atoms with E-state index in [2.05, 4.69) is 10.0 Å². The monoisotopic (exact) mass is 675 g/mol. The average Bonchev–Trinajstić information content (AvgIpc) is 3.03. The predicted molar refractivity (Wildman–Crippen MR) is 181 cm³/mol. The van der Waals surface area contributed by atoms with E-state index in [4.69, 9.17) is 16.3 Å². The summed E-state index contributed by atoms with van der Waals surface area (Å²) in [5.74, 6) is 0.471. The molecule has 0 saturated carbocycles. The Labute approximate surface area is 273 Å². The summed E-state index contributed by atoms with van der Waals surface area (Å²) in [5.41, 5.74) is 2.34. The summed E-state index contributed by atoms with van der Waals surface area (Å²) in [6.07, 6.45) is 0. The molecule has 0 heterocycles. The third kappa shape index (κ3) is 7.68. The highest BCUT2D eigenvalue weighted by Crippen LogP contribution is 2.29. The van der Waals surface area contributed by atoms with Crippen LogP contribution in [0.15, 0.2) is 131 Å². The van der Waals surface area contributed by atoms with Gasteiger partial charge in [-0.15, -0.1) is 0 Å². The van der Waals surface area contributed by atoms with E-state index in [9.17, 15) is 21.6 Å². The molecule has 0 aliphatic rings. The summed E-state index contributed by atoms with van der Waals surface area (Å²) >= 11 is 6.12. The van der Waals surface area contributed by atoms with Gasteiger partial charge in [-0.3, -0.25) is 13.8 Å². The van der Waals surface area contributed by atoms with E-state index in [1.54, 1.807) is 73.7 Å². The number of hydrogen-bond donors (Lipinski definition) is 2. The lowest BCUT2D eigenvalue weighted by atomic mass is 10.2. The minimum atomic E-state index is -4.16. The molecule has 5 aromatic carbocycles. The number of ether oxygens (including phenoxy) is 1. The molecule has 5 rings (SSSR count). The van der Waals surface area contributed by atoms with E-state index >= 15 is 0 Å². The third-order valence-corrected chi connectivity index (χ3v) is 10.5. The Morgan fingerprint density at radius 1 is 0.717 bits per heavy atom. The zero-order valence-corrected chi connectivity index (χ0v) is 27.2. The normalized spacial score (nSPS) is 11.5. The van der Waals surface area contributed by atoms with Crippen molar-refractivity contribution < 1.29 is 26.4 Å². The number of hydrogen-bond acceptors (Lipinski definition) is 6. The number of nitrogens with one attached hydrogen (secondary N) is 2. The van der Waals surface area contributed by atoms with Crippen molar-refractivity contribution in [2.75, 3.05) is 20.9 Å². The molecule has 0 aromatic heterocycles. The topological polar surface area (TPSA) is 122 Å². The van der Waals surface area contributed by atoms with Gasteiger partial charge >= 0.3 is 0 Å². The molecular formula is C34H30ClN3O6S2. The summed E-state index contributed by atoms with van der Waals surface area (Å²) < 4.78 is 62.9. The molecule has 0 atom stereocenters. The highest BCUT2D eigenvalue weighted by atomic mass is 35.5. The predicted octanol–water partition coefficient (Wildman–Crippen LogP) is 7.38. The quantitative estimate of drug-likeness (QED) is 0.151.